The van der Waals surface area contributed by atoms with Gasteiger partial charge in [0.2, 0.25) is 5.91 Å². The van der Waals surface area contributed by atoms with Crippen LogP contribution >= 0.6 is 0 Å². The van der Waals surface area contributed by atoms with E-state index in [1.165, 1.54) is 30.1 Å². The van der Waals surface area contributed by atoms with Gasteiger partial charge in [0.1, 0.15) is 11.5 Å². The van der Waals surface area contributed by atoms with Gasteiger partial charge in [0.15, 0.2) is 12.0 Å². The van der Waals surface area contributed by atoms with Crippen LogP contribution in [0.25, 0.3) is 11.3 Å². The molecule has 1 saturated heterocycles. The summed E-state index contributed by atoms with van der Waals surface area (Å²) < 4.78 is 24.4. The topological polar surface area (TPSA) is 134 Å². The molecule has 3 N–H and O–H groups in total. The Kier molecular flexibility index (Phi) is 7.42. The number of nitrogens with two attached hydrogens (primary N) is 1. The summed E-state index contributed by atoms with van der Waals surface area (Å²) in [7, 11) is 1.54. The van der Waals surface area contributed by atoms with Crippen LogP contribution in [0.1, 0.15) is 64.9 Å². The number of allylic oxidation sites excluding steroid dienone is 2. The summed E-state index contributed by atoms with van der Waals surface area (Å²) >= 11 is 0. The van der Waals surface area contributed by atoms with E-state index < -0.39 is 35.3 Å². The fourth-order valence-corrected chi connectivity index (χ4v) is 5.38. The molecule has 1 aromatic carbocycles. The van der Waals surface area contributed by atoms with Crippen LogP contribution in [0.4, 0.5) is 10.1 Å². The number of nitrogens with one attached hydrogen (secondary N) is 1. The number of ether oxygens (including phenoxy) is 1. The molecule has 2 aromatic heterocycles. The number of hydrogen-bond acceptors (Lipinski definition) is 6. The Bertz CT molecular complexity index is 1450. The lowest BCUT2D eigenvalue weighted by molar-refractivity contribution is -0.121. The van der Waals surface area contributed by atoms with Crippen LogP contribution in [0.3, 0.4) is 0 Å². The van der Waals surface area contributed by atoms with Crippen molar-refractivity contribution in [1.29, 1.82) is 0 Å². The molecule has 1 fully saturated rings. The number of rotatable bonds is 7. The van der Waals surface area contributed by atoms with Crippen LogP contribution < -0.4 is 11.1 Å². The Morgan fingerprint density at radius 1 is 1.13 bits per heavy atom. The SMILES string of the molecule is Cc1cc(-c2ccc(C(=O)C3CC=CCC3C(=O)Nc3cnn(C)c3C(N)=O)c(F)c2)n(C2CCCCO2)n1. The quantitative estimate of drug-likeness (QED) is 0.348. The van der Waals surface area contributed by atoms with Crippen molar-refractivity contribution >= 4 is 23.3 Å². The summed E-state index contributed by atoms with van der Waals surface area (Å²) in [5, 5.41) is 11.2. The molecular weight excluding hydrogens is 503 g/mol. The summed E-state index contributed by atoms with van der Waals surface area (Å²) in [5.74, 6) is -3.84. The molecular formula is C28H31FN6O4. The van der Waals surface area contributed by atoms with Crippen molar-refractivity contribution < 1.29 is 23.5 Å². The van der Waals surface area contributed by atoms with Gasteiger partial charge in [-0.3, -0.25) is 19.1 Å². The lowest BCUT2D eigenvalue weighted by Crippen LogP contribution is -2.35. The summed E-state index contributed by atoms with van der Waals surface area (Å²) in [4.78, 5) is 38.6. The van der Waals surface area contributed by atoms with Crippen molar-refractivity contribution in [2.75, 3.05) is 11.9 Å². The third-order valence-electron chi connectivity index (χ3n) is 7.35. The van der Waals surface area contributed by atoms with Gasteiger partial charge in [-0.05, 0) is 57.2 Å². The van der Waals surface area contributed by atoms with Gasteiger partial charge < -0.3 is 15.8 Å². The average molecular weight is 535 g/mol. The highest BCUT2D eigenvalue weighted by molar-refractivity contribution is 6.05. The van der Waals surface area contributed by atoms with Crippen molar-refractivity contribution in [2.45, 2.75) is 45.3 Å². The van der Waals surface area contributed by atoms with Crippen LogP contribution in [0.15, 0.2) is 42.6 Å². The summed E-state index contributed by atoms with van der Waals surface area (Å²) in [5.41, 5.74) is 7.66. The third kappa shape index (κ3) is 5.26. The van der Waals surface area contributed by atoms with Gasteiger partial charge in [-0.1, -0.05) is 18.2 Å². The van der Waals surface area contributed by atoms with E-state index in [2.05, 4.69) is 15.5 Å². The smallest absolute Gasteiger partial charge is 0.269 e. The molecule has 10 nitrogen and oxygen atoms in total. The van der Waals surface area contributed by atoms with E-state index in [1.54, 1.807) is 10.7 Å². The molecule has 3 atom stereocenters. The first-order valence-corrected chi connectivity index (χ1v) is 13.0. The molecule has 0 bridgehead atoms. The lowest BCUT2D eigenvalue weighted by atomic mass is 9.77. The highest BCUT2D eigenvalue weighted by Gasteiger charge is 2.36. The second-order valence-electron chi connectivity index (χ2n) is 10.0. The van der Waals surface area contributed by atoms with E-state index in [0.717, 1.165) is 30.7 Å². The van der Waals surface area contributed by atoms with Crippen LogP contribution in [0, 0.1) is 24.6 Å². The van der Waals surface area contributed by atoms with E-state index in [0.29, 0.717) is 25.0 Å². The Balaban J connectivity index is 1.38. The second-order valence-corrected chi connectivity index (χ2v) is 10.0. The van der Waals surface area contributed by atoms with E-state index in [4.69, 9.17) is 10.5 Å². The molecule has 11 heteroatoms. The molecule has 3 aromatic rings. The number of anilines is 1. The molecule has 0 radical (unpaired) electrons. The van der Waals surface area contributed by atoms with Gasteiger partial charge >= 0.3 is 0 Å². The van der Waals surface area contributed by atoms with E-state index in [9.17, 15) is 14.4 Å². The van der Waals surface area contributed by atoms with Crippen molar-refractivity contribution in [3.8, 4) is 11.3 Å². The van der Waals surface area contributed by atoms with Crippen molar-refractivity contribution in [3.63, 3.8) is 0 Å². The van der Waals surface area contributed by atoms with E-state index in [-0.39, 0.29) is 23.2 Å². The molecule has 1 aliphatic carbocycles. The molecule has 39 heavy (non-hydrogen) atoms. The van der Waals surface area contributed by atoms with Gasteiger partial charge in [-0.2, -0.15) is 10.2 Å². The first-order valence-electron chi connectivity index (χ1n) is 13.0. The number of benzene rings is 1. The Morgan fingerprint density at radius 2 is 1.90 bits per heavy atom. The maximum atomic E-state index is 15.5. The zero-order chi connectivity index (χ0) is 27.7. The predicted molar refractivity (Wildman–Crippen MR) is 141 cm³/mol. The van der Waals surface area contributed by atoms with E-state index >= 15 is 4.39 Å². The van der Waals surface area contributed by atoms with E-state index in [1.807, 2.05) is 25.1 Å². The number of hydrogen-bond donors (Lipinski definition) is 2. The van der Waals surface area contributed by atoms with Crippen molar-refractivity contribution in [1.82, 2.24) is 19.6 Å². The number of primary amides is 1. The molecule has 0 saturated carbocycles. The van der Waals surface area contributed by atoms with Gasteiger partial charge in [0, 0.05) is 25.1 Å². The summed E-state index contributed by atoms with van der Waals surface area (Å²) in [6.45, 7) is 2.52. The molecule has 204 valence electrons. The maximum Gasteiger partial charge on any atom is 0.269 e. The molecule has 5 rings (SSSR count). The first kappa shape index (κ1) is 26.5. The maximum absolute atomic E-state index is 15.5. The number of aromatic nitrogens is 4. The number of carbonyl (C=O) groups excluding carboxylic acids is 3. The number of nitrogens with zero attached hydrogens (tertiary/aromatic N) is 4. The Hall–Kier alpha value is -4.12. The monoisotopic (exact) mass is 534 g/mol. The standard InChI is InChI=1S/C28H31FN6O4/c1-16-13-23(35(33-16)24-9-5-6-12-39-24)17-10-11-20(21(29)14-17)26(36)18-7-3-4-8-19(18)28(38)32-22-15-31-34(2)25(22)27(30)37/h3-4,10-11,13-15,18-19,24H,5-9,12H2,1-2H3,(H2,30,37)(H,32,38). The summed E-state index contributed by atoms with van der Waals surface area (Å²) in [6, 6.07) is 6.39. The fraction of sp³-hybridized carbons (Fsp3) is 0.393. The van der Waals surface area contributed by atoms with Crippen LogP contribution in [-0.2, 0) is 16.6 Å². The Morgan fingerprint density at radius 3 is 2.59 bits per heavy atom. The number of Topliss-reactive ketones (excluding diaryl/α,β-unsaturated/α-hetero) is 1. The molecule has 1 aliphatic heterocycles. The third-order valence-corrected chi connectivity index (χ3v) is 7.35. The first-order chi connectivity index (χ1) is 18.7. The minimum Gasteiger partial charge on any atom is -0.364 e. The molecule has 2 amide bonds. The number of ketones is 1. The highest BCUT2D eigenvalue weighted by atomic mass is 19.1. The largest absolute Gasteiger partial charge is 0.364 e. The van der Waals surface area contributed by atoms with Gasteiger partial charge in [0.05, 0.1) is 34.8 Å². The lowest BCUT2D eigenvalue weighted by Gasteiger charge is -2.27. The average Bonchev–Trinajstić information content (AvgIpc) is 3.50. The number of carbonyl (C=O) groups is 3. The van der Waals surface area contributed by atoms with Crippen molar-refractivity contribution in [2.24, 2.45) is 24.6 Å². The number of amides is 2. The van der Waals surface area contributed by atoms with Crippen molar-refractivity contribution in [3.05, 3.63) is 65.4 Å². The number of aryl methyl sites for hydroxylation is 2. The minimum absolute atomic E-state index is 0.0484. The normalized spacial score (nSPS) is 21.1. The second kappa shape index (κ2) is 10.9. The minimum atomic E-state index is -0.771. The van der Waals surface area contributed by atoms with Gasteiger partial charge in [-0.15, -0.1) is 0 Å². The highest BCUT2D eigenvalue weighted by Crippen LogP contribution is 2.34. The predicted octanol–water partition coefficient (Wildman–Crippen LogP) is 3.93. The van der Waals surface area contributed by atoms with Crippen LogP contribution in [-0.4, -0.2) is 43.8 Å². The van der Waals surface area contributed by atoms with Crippen LogP contribution in [0.5, 0.6) is 0 Å². The zero-order valence-electron chi connectivity index (χ0n) is 21.9. The molecule has 3 unspecified atom stereocenters. The molecule has 3 heterocycles. The fourth-order valence-electron chi connectivity index (χ4n) is 5.38. The summed E-state index contributed by atoms with van der Waals surface area (Å²) in [6.07, 6.45) is 8.21. The van der Waals surface area contributed by atoms with Gasteiger partial charge in [0.25, 0.3) is 5.91 Å². The Labute approximate surface area is 225 Å². The molecule has 2 aliphatic rings. The number of halogens is 1. The molecule has 0 spiro atoms. The van der Waals surface area contributed by atoms with Crippen LogP contribution in [0.2, 0.25) is 0 Å². The zero-order valence-corrected chi connectivity index (χ0v) is 21.9. The van der Waals surface area contributed by atoms with Gasteiger partial charge in [-0.25, -0.2) is 9.07 Å².